The number of aromatic nitrogens is 1. The number of carbonyl (C=O) groups excluding carboxylic acids is 3. The molecule has 0 saturated carbocycles. The van der Waals surface area contributed by atoms with Gasteiger partial charge in [-0.1, -0.05) is 43.4 Å². The maximum Gasteiger partial charge on any atom is 0.338 e. The zero-order valence-corrected chi connectivity index (χ0v) is 28.6. The Morgan fingerprint density at radius 2 is 1.81 bits per heavy atom. The summed E-state index contributed by atoms with van der Waals surface area (Å²) in [5.74, 6) is -1.64. The van der Waals surface area contributed by atoms with E-state index in [0.29, 0.717) is 17.8 Å². The first-order valence-corrected chi connectivity index (χ1v) is 16.1. The zero-order valence-electron chi connectivity index (χ0n) is 28.6. The highest BCUT2D eigenvalue weighted by Crippen LogP contribution is 2.58. The lowest BCUT2D eigenvalue weighted by molar-refractivity contribution is -0.229. The molecule has 3 saturated heterocycles. The van der Waals surface area contributed by atoms with Crippen molar-refractivity contribution in [1.82, 2.24) is 15.2 Å². The Morgan fingerprint density at radius 3 is 2.42 bits per heavy atom. The van der Waals surface area contributed by atoms with Crippen LogP contribution >= 0.6 is 0 Å². The maximum atomic E-state index is 13.1. The van der Waals surface area contributed by atoms with Crippen LogP contribution in [0.15, 0.2) is 59.0 Å². The van der Waals surface area contributed by atoms with Crippen molar-refractivity contribution in [3.05, 3.63) is 60.4 Å². The van der Waals surface area contributed by atoms with Gasteiger partial charge >= 0.3 is 5.97 Å². The smallest absolute Gasteiger partial charge is 0.338 e. The number of esters is 1. The number of allylic oxidation sites excluding steroid dienone is 6. The van der Waals surface area contributed by atoms with Gasteiger partial charge in [0.25, 0.3) is 0 Å². The fourth-order valence-corrected chi connectivity index (χ4v) is 7.09. The topological polar surface area (TPSA) is 195 Å². The van der Waals surface area contributed by atoms with Crippen molar-refractivity contribution >= 4 is 23.9 Å². The van der Waals surface area contributed by atoms with E-state index in [4.69, 9.17) is 13.9 Å². The Balaban J connectivity index is 1.24. The molecule has 3 aliphatic heterocycles. The molecule has 264 valence electrons. The maximum absolute atomic E-state index is 13.1. The van der Waals surface area contributed by atoms with E-state index in [1.54, 1.807) is 53.8 Å². The lowest BCUT2D eigenvalue weighted by Gasteiger charge is -2.53. The van der Waals surface area contributed by atoms with Gasteiger partial charge in [0.2, 0.25) is 17.4 Å². The summed E-state index contributed by atoms with van der Waals surface area (Å²) in [5.41, 5.74) is -5.29. The Bertz CT molecular complexity index is 1460. The number of cyclic esters (lactones) is 1. The van der Waals surface area contributed by atoms with Gasteiger partial charge in [-0.3, -0.25) is 9.59 Å². The summed E-state index contributed by atoms with van der Waals surface area (Å²) in [5, 5.41) is 47.3. The van der Waals surface area contributed by atoms with Crippen LogP contribution in [0.2, 0.25) is 0 Å². The molecule has 5 N–H and O–H groups in total. The third kappa shape index (κ3) is 6.53. The number of epoxide rings is 1. The molecule has 4 rings (SSSR count). The highest BCUT2D eigenvalue weighted by Gasteiger charge is 2.80. The number of rotatable bonds is 15. The normalized spacial score (nSPS) is 29.8. The number of likely N-dealkylation sites (N-methyl/N-ethyl adjacent to an activating group) is 1. The molecular weight excluding hydrogens is 622 g/mol. The number of amides is 2. The summed E-state index contributed by atoms with van der Waals surface area (Å²) in [6, 6.07) is 0. The minimum Gasteiger partial charge on any atom is -0.460 e. The van der Waals surface area contributed by atoms with Crippen LogP contribution in [0.3, 0.4) is 0 Å². The molecule has 8 unspecified atom stereocenters. The van der Waals surface area contributed by atoms with Crippen molar-refractivity contribution in [2.24, 2.45) is 16.7 Å². The Hall–Kier alpha value is -3.62. The van der Waals surface area contributed by atoms with Crippen molar-refractivity contribution in [2.75, 3.05) is 20.2 Å². The van der Waals surface area contributed by atoms with Crippen molar-refractivity contribution in [2.45, 2.75) is 96.0 Å². The minimum absolute atomic E-state index is 0.0205. The zero-order chi connectivity index (χ0) is 35.7. The Morgan fingerprint density at radius 1 is 1.15 bits per heavy atom. The minimum atomic E-state index is -1.83. The van der Waals surface area contributed by atoms with Gasteiger partial charge in [0.05, 0.1) is 29.2 Å². The standard InChI is InChI=1S/C35H49N3O10/c1-21(14-12-10-8-9-11-13-15-23-17-36-20-47-23)28(41)32(3,4)29(42)37-18-25(40)27-26(48-27)24(39)16-22(2)35(45)33(5,6)30(43)38(7)34(35)19-46-31(34)44/h8-11,13-15,17,20,22,24-28,39-41,45H,12,16,18-19H2,1-7H3,(H,37,42)/b10-8+,11-9+,15-13+,21-14-. The van der Waals surface area contributed by atoms with Crippen LogP contribution in [-0.2, 0) is 23.9 Å². The van der Waals surface area contributed by atoms with E-state index >= 15 is 0 Å². The van der Waals surface area contributed by atoms with Gasteiger partial charge in [-0.05, 0) is 65.0 Å². The number of ether oxygens (including phenoxy) is 2. The van der Waals surface area contributed by atoms with Crippen LogP contribution < -0.4 is 5.32 Å². The fourth-order valence-electron chi connectivity index (χ4n) is 7.09. The van der Waals surface area contributed by atoms with Gasteiger partial charge < -0.3 is 44.5 Å². The van der Waals surface area contributed by atoms with Gasteiger partial charge in [0, 0.05) is 13.6 Å². The summed E-state index contributed by atoms with van der Waals surface area (Å²) >= 11 is 0. The van der Waals surface area contributed by atoms with Crippen LogP contribution in [0.25, 0.3) is 6.08 Å². The van der Waals surface area contributed by atoms with E-state index in [2.05, 4.69) is 10.3 Å². The van der Waals surface area contributed by atoms with Gasteiger partial charge in [0.1, 0.15) is 36.3 Å². The number of aliphatic hydroxyl groups excluding tert-OH is 3. The van der Waals surface area contributed by atoms with Crippen molar-refractivity contribution in [3.8, 4) is 0 Å². The molecule has 13 nitrogen and oxygen atoms in total. The van der Waals surface area contributed by atoms with E-state index in [-0.39, 0.29) is 19.6 Å². The SMILES string of the molecule is C/C(=C/C/C=C/C=C/C=C/c1cnco1)C(O)C(C)(C)C(=O)NCC(O)C1OC1C(O)CC(C)C1(O)C(C)(C)C(=O)N(C)C12COC2=O. The molecule has 1 aromatic heterocycles. The van der Waals surface area contributed by atoms with Gasteiger partial charge in [-0.2, -0.15) is 0 Å². The predicted molar refractivity (Wildman–Crippen MR) is 175 cm³/mol. The predicted octanol–water partition coefficient (Wildman–Crippen LogP) is 1.68. The molecule has 0 radical (unpaired) electrons. The van der Waals surface area contributed by atoms with Gasteiger partial charge in [-0.15, -0.1) is 0 Å². The van der Waals surface area contributed by atoms with Crippen LogP contribution in [-0.4, -0.2) is 110 Å². The van der Waals surface area contributed by atoms with Gasteiger partial charge in [-0.25, -0.2) is 9.78 Å². The second kappa shape index (κ2) is 14.1. The third-order valence-electron chi connectivity index (χ3n) is 10.3. The first kappa shape index (κ1) is 37.2. The molecule has 1 spiro atoms. The van der Waals surface area contributed by atoms with Crippen molar-refractivity contribution < 1.29 is 48.7 Å². The monoisotopic (exact) mass is 671 g/mol. The number of nitrogens with one attached hydrogen (secondary N) is 1. The Kier molecular flexibility index (Phi) is 10.9. The van der Waals surface area contributed by atoms with Gasteiger partial charge in [0.15, 0.2) is 6.39 Å². The highest BCUT2D eigenvalue weighted by molar-refractivity contribution is 6.00. The van der Waals surface area contributed by atoms with E-state index in [1.807, 2.05) is 36.5 Å². The second-order valence-corrected chi connectivity index (χ2v) is 14.1. The average molecular weight is 672 g/mol. The number of hydrogen-bond acceptors (Lipinski definition) is 11. The summed E-state index contributed by atoms with van der Waals surface area (Å²) in [4.78, 5) is 43.8. The quantitative estimate of drug-likeness (QED) is 0.0788. The summed E-state index contributed by atoms with van der Waals surface area (Å²) in [6.07, 6.45) is 11.5. The molecule has 0 bridgehead atoms. The molecule has 48 heavy (non-hydrogen) atoms. The number of hydrogen-bond donors (Lipinski definition) is 5. The number of likely N-dealkylation sites (tertiary alicyclic amines) is 1. The van der Waals surface area contributed by atoms with Crippen LogP contribution in [0, 0.1) is 16.7 Å². The molecule has 2 amide bonds. The van der Waals surface area contributed by atoms with E-state index in [9.17, 15) is 34.8 Å². The largest absolute Gasteiger partial charge is 0.460 e. The molecular formula is C35H49N3O10. The summed E-state index contributed by atoms with van der Waals surface area (Å²) in [7, 11) is 1.47. The van der Waals surface area contributed by atoms with E-state index < -0.39 is 76.2 Å². The number of oxazole rings is 1. The van der Waals surface area contributed by atoms with Crippen LogP contribution in [0.4, 0.5) is 0 Å². The average Bonchev–Trinajstić information content (AvgIpc) is 3.66. The van der Waals surface area contributed by atoms with E-state index in [0.717, 1.165) is 0 Å². The van der Waals surface area contributed by atoms with Crippen molar-refractivity contribution in [1.29, 1.82) is 0 Å². The Labute approximate surface area is 281 Å². The molecule has 0 aliphatic carbocycles. The molecule has 4 heterocycles. The molecule has 8 atom stereocenters. The summed E-state index contributed by atoms with van der Waals surface area (Å²) < 4.78 is 15.7. The van der Waals surface area contributed by atoms with Crippen LogP contribution in [0.5, 0.6) is 0 Å². The number of nitrogens with zero attached hydrogens (tertiary/aromatic N) is 2. The lowest BCUT2D eigenvalue weighted by atomic mass is 9.59. The second-order valence-electron chi connectivity index (χ2n) is 14.1. The van der Waals surface area contributed by atoms with E-state index in [1.165, 1.54) is 18.3 Å². The molecule has 1 aromatic rings. The molecule has 3 fully saturated rings. The molecule has 13 heteroatoms. The summed E-state index contributed by atoms with van der Waals surface area (Å²) in [6.45, 7) is 9.47. The highest BCUT2D eigenvalue weighted by atomic mass is 16.6. The third-order valence-corrected chi connectivity index (χ3v) is 10.3. The first-order chi connectivity index (χ1) is 22.4. The van der Waals surface area contributed by atoms with Crippen molar-refractivity contribution in [3.63, 3.8) is 0 Å². The molecule has 0 aromatic carbocycles. The molecule has 3 aliphatic rings. The first-order valence-electron chi connectivity index (χ1n) is 16.1. The van der Waals surface area contributed by atoms with Crippen LogP contribution in [0.1, 0.15) is 60.1 Å². The number of aliphatic hydroxyl groups is 4. The number of carbonyl (C=O) groups is 3. The lowest BCUT2D eigenvalue weighted by Crippen LogP contribution is -2.76. The fraction of sp³-hybridized carbons (Fsp3) is 0.600.